The van der Waals surface area contributed by atoms with E-state index in [4.69, 9.17) is 0 Å². The maximum Gasteiger partial charge on any atom is 0.224 e. The van der Waals surface area contributed by atoms with Gasteiger partial charge in [0.05, 0.1) is 5.69 Å². The molecule has 0 spiro atoms. The van der Waals surface area contributed by atoms with Gasteiger partial charge in [-0.25, -0.2) is 8.42 Å². The summed E-state index contributed by atoms with van der Waals surface area (Å²) in [6.07, 6.45) is 0.709. The fourth-order valence-electron chi connectivity index (χ4n) is 0.863. The zero-order valence-corrected chi connectivity index (χ0v) is 7.90. The average molecular weight is 199 g/mol. The van der Waals surface area contributed by atoms with Crippen molar-refractivity contribution in [3.63, 3.8) is 0 Å². The number of hydrogen-bond donors (Lipinski definition) is 1. The van der Waals surface area contributed by atoms with E-state index in [9.17, 15) is 13.2 Å². The molecule has 1 rings (SSSR count). The van der Waals surface area contributed by atoms with Gasteiger partial charge in [0.2, 0.25) is 10.9 Å². The molecule has 0 heterocycles. The summed E-state index contributed by atoms with van der Waals surface area (Å²) in [5.41, 5.74) is 1.07. The first-order chi connectivity index (χ1) is 6.15. The van der Waals surface area contributed by atoms with Crippen molar-refractivity contribution in [2.45, 2.75) is 0 Å². The lowest BCUT2D eigenvalue weighted by molar-refractivity contribution is 0.112. The summed E-state index contributed by atoms with van der Waals surface area (Å²) < 4.78 is 22.2. The van der Waals surface area contributed by atoms with E-state index in [1.807, 2.05) is 0 Å². The van der Waals surface area contributed by atoms with Gasteiger partial charge in [0, 0.05) is 12.6 Å². The standard InChI is InChI=1S/C8H9NO3S/c1-9(13(11)12)8-4-2-7(6-10)3-5-8/h2-6,13H,1H3. The Morgan fingerprint density at radius 2 is 1.77 bits per heavy atom. The zero-order valence-electron chi connectivity index (χ0n) is 7.01. The molecule has 5 heteroatoms. The van der Waals surface area contributed by atoms with Crippen molar-refractivity contribution in [1.29, 1.82) is 0 Å². The van der Waals surface area contributed by atoms with Crippen LogP contribution in [0.4, 0.5) is 5.69 Å². The van der Waals surface area contributed by atoms with Crippen LogP contribution in [-0.2, 0) is 10.9 Å². The molecule has 1 aromatic rings. The van der Waals surface area contributed by atoms with E-state index >= 15 is 0 Å². The van der Waals surface area contributed by atoms with Gasteiger partial charge < -0.3 is 0 Å². The second-order valence-corrected chi connectivity index (χ2v) is 3.55. The van der Waals surface area contributed by atoms with Crippen LogP contribution in [0.2, 0.25) is 0 Å². The van der Waals surface area contributed by atoms with Crippen LogP contribution >= 0.6 is 0 Å². The van der Waals surface area contributed by atoms with Gasteiger partial charge in [0.15, 0.2) is 0 Å². The van der Waals surface area contributed by atoms with E-state index in [2.05, 4.69) is 0 Å². The monoisotopic (exact) mass is 199 g/mol. The summed E-state index contributed by atoms with van der Waals surface area (Å²) in [5.74, 6) is 0. The number of hydrogen-bond acceptors (Lipinski definition) is 3. The summed E-state index contributed by atoms with van der Waals surface area (Å²) in [6.45, 7) is 0. The van der Waals surface area contributed by atoms with E-state index in [-0.39, 0.29) is 0 Å². The maximum absolute atomic E-state index is 10.5. The van der Waals surface area contributed by atoms with Gasteiger partial charge in [0.1, 0.15) is 6.29 Å². The molecule has 0 aliphatic carbocycles. The molecule has 0 aliphatic rings. The van der Waals surface area contributed by atoms with Crippen molar-refractivity contribution in [1.82, 2.24) is 0 Å². The molecular formula is C8H9NO3S. The molecule has 0 saturated carbocycles. The highest BCUT2D eigenvalue weighted by molar-refractivity contribution is 7.74. The Labute approximate surface area is 77.9 Å². The Kier molecular flexibility index (Phi) is 3.02. The molecule has 0 aromatic heterocycles. The number of thiol groups is 1. The highest BCUT2D eigenvalue weighted by Gasteiger charge is 2.00. The minimum absolute atomic E-state index is 0.526. The molecular weight excluding hydrogens is 190 g/mol. The third kappa shape index (κ3) is 2.29. The fraction of sp³-hybridized carbons (Fsp3) is 0.125. The largest absolute Gasteiger partial charge is 0.298 e. The first-order valence-electron chi connectivity index (χ1n) is 3.58. The second kappa shape index (κ2) is 4.04. The number of aldehydes is 1. The summed E-state index contributed by atoms with van der Waals surface area (Å²) in [6, 6.07) is 6.29. The molecule has 0 bridgehead atoms. The highest BCUT2D eigenvalue weighted by Crippen LogP contribution is 2.12. The SMILES string of the molecule is CN(c1ccc(C=O)cc1)[SH](=O)=O. The number of benzene rings is 1. The molecule has 0 radical (unpaired) electrons. The highest BCUT2D eigenvalue weighted by atomic mass is 32.2. The minimum atomic E-state index is -2.61. The van der Waals surface area contributed by atoms with Crippen LogP contribution in [0.5, 0.6) is 0 Å². The van der Waals surface area contributed by atoms with Gasteiger partial charge in [-0.05, 0) is 24.3 Å². The van der Waals surface area contributed by atoms with Crippen molar-refractivity contribution in [2.75, 3.05) is 11.4 Å². The minimum Gasteiger partial charge on any atom is -0.298 e. The van der Waals surface area contributed by atoms with Gasteiger partial charge in [-0.15, -0.1) is 0 Å². The fourth-order valence-corrected chi connectivity index (χ4v) is 1.18. The Bertz CT molecular complexity index is 361. The molecule has 0 aliphatic heterocycles. The van der Waals surface area contributed by atoms with Crippen molar-refractivity contribution < 1.29 is 13.2 Å². The molecule has 70 valence electrons. The van der Waals surface area contributed by atoms with E-state index in [1.165, 1.54) is 7.05 Å². The van der Waals surface area contributed by atoms with Crippen molar-refractivity contribution in [3.8, 4) is 0 Å². The van der Waals surface area contributed by atoms with Gasteiger partial charge in [-0.2, -0.15) is 0 Å². The Morgan fingerprint density at radius 1 is 1.23 bits per heavy atom. The van der Waals surface area contributed by atoms with Crippen LogP contribution in [0.25, 0.3) is 0 Å². The number of carbonyl (C=O) groups excluding carboxylic acids is 1. The molecule has 0 saturated heterocycles. The molecule has 0 atom stereocenters. The van der Waals surface area contributed by atoms with Crippen LogP contribution in [0.1, 0.15) is 10.4 Å². The Balaban J connectivity index is 2.98. The van der Waals surface area contributed by atoms with Gasteiger partial charge in [0.25, 0.3) is 0 Å². The first kappa shape index (κ1) is 9.73. The molecule has 4 nitrogen and oxygen atoms in total. The van der Waals surface area contributed by atoms with Crippen LogP contribution in [0.3, 0.4) is 0 Å². The van der Waals surface area contributed by atoms with Gasteiger partial charge in [-0.1, -0.05) is 0 Å². The van der Waals surface area contributed by atoms with E-state index in [0.717, 1.165) is 4.31 Å². The average Bonchev–Trinajstić information content (AvgIpc) is 2.17. The molecule has 0 unspecified atom stereocenters. The Hall–Kier alpha value is -1.36. The van der Waals surface area contributed by atoms with E-state index in [0.29, 0.717) is 17.5 Å². The predicted molar refractivity (Wildman–Crippen MR) is 50.5 cm³/mol. The smallest absolute Gasteiger partial charge is 0.224 e. The topological polar surface area (TPSA) is 54.5 Å². The van der Waals surface area contributed by atoms with Crippen LogP contribution in [-0.4, -0.2) is 21.8 Å². The summed E-state index contributed by atoms with van der Waals surface area (Å²) >= 11 is 0. The van der Waals surface area contributed by atoms with E-state index in [1.54, 1.807) is 24.3 Å². The van der Waals surface area contributed by atoms with Crippen molar-refractivity contribution in [2.24, 2.45) is 0 Å². The van der Waals surface area contributed by atoms with Gasteiger partial charge >= 0.3 is 0 Å². The number of nitrogens with zero attached hydrogens (tertiary/aromatic N) is 1. The summed E-state index contributed by atoms with van der Waals surface area (Å²) in [5, 5.41) is 0. The maximum atomic E-state index is 10.5. The molecule has 1 aromatic carbocycles. The lowest BCUT2D eigenvalue weighted by Gasteiger charge is -2.10. The van der Waals surface area contributed by atoms with Gasteiger partial charge in [-0.3, -0.25) is 9.10 Å². The lowest BCUT2D eigenvalue weighted by atomic mass is 10.2. The summed E-state index contributed by atoms with van der Waals surface area (Å²) in [7, 11) is -1.16. The number of anilines is 1. The van der Waals surface area contributed by atoms with Crippen molar-refractivity contribution >= 4 is 22.9 Å². The van der Waals surface area contributed by atoms with Crippen molar-refractivity contribution in [3.05, 3.63) is 29.8 Å². The third-order valence-corrected chi connectivity index (χ3v) is 2.37. The number of rotatable bonds is 3. The molecule has 0 N–H and O–H groups in total. The van der Waals surface area contributed by atoms with Crippen LogP contribution < -0.4 is 4.31 Å². The zero-order chi connectivity index (χ0) is 9.84. The van der Waals surface area contributed by atoms with Crippen LogP contribution in [0, 0.1) is 0 Å². The molecule has 0 fully saturated rings. The molecule has 13 heavy (non-hydrogen) atoms. The lowest BCUT2D eigenvalue weighted by Crippen LogP contribution is -2.13. The number of carbonyl (C=O) groups is 1. The second-order valence-electron chi connectivity index (χ2n) is 2.47. The normalized spacial score (nSPS) is 10.0. The van der Waals surface area contributed by atoms with E-state index < -0.39 is 10.9 Å². The third-order valence-electron chi connectivity index (χ3n) is 1.65. The first-order valence-corrected chi connectivity index (χ1v) is 4.71. The predicted octanol–water partition coefficient (Wildman–Crippen LogP) is 0.462. The molecule has 0 amide bonds. The summed E-state index contributed by atoms with van der Waals surface area (Å²) in [4.78, 5) is 10.3. The van der Waals surface area contributed by atoms with Crippen LogP contribution in [0.15, 0.2) is 24.3 Å². The Morgan fingerprint density at radius 3 is 2.15 bits per heavy atom. The quantitative estimate of drug-likeness (QED) is 0.568.